The van der Waals surface area contributed by atoms with Crippen LogP contribution < -0.4 is 0 Å². The first-order valence-electron chi connectivity index (χ1n) is 8.14. The Hall–Kier alpha value is -0.200. The van der Waals surface area contributed by atoms with E-state index in [0.29, 0.717) is 0 Å². The number of ether oxygens (including phenoxy) is 5. The summed E-state index contributed by atoms with van der Waals surface area (Å²) in [5.41, 5.74) is 0. The van der Waals surface area contributed by atoms with Gasteiger partial charge in [0.2, 0.25) is 0 Å². The number of rotatable bonds is 4. The number of hydrogen-bond acceptors (Lipinski definition) is 5. The second-order valence-corrected chi connectivity index (χ2v) is 7.20. The van der Waals surface area contributed by atoms with Crippen LogP contribution in [0.4, 0.5) is 0 Å². The minimum Gasteiger partial charge on any atom is -0.373 e. The summed E-state index contributed by atoms with van der Waals surface area (Å²) in [4.78, 5) is 0. The molecule has 2 heterocycles. The summed E-state index contributed by atoms with van der Waals surface area (Å²) < 4.78 is 30.4. The van der Waals surface area contributed by atoms with E-state index in [1.807, 2.05) is 27.7 Å². The first-order valence-corrected chi connectivity index (χ1v) is 8.14. The van der Waals surface area contributed by atoms with Crippen molar-refractivity contribution in [1.82, 2.24) is 0 Å². The van der Waals surface area contributed by atoms with Crippen molar-refractivity contribution in [3.8, 4) is 0 Å². The van der Waals surface area contributed by atoms with E-state index in [2.05, 4.69) is 6.92 Å². The quantitative estimate of drug-likeness (QED) is 0.747. The summed E-state index contributed by atoms with van der Waals surface area (Å²) in [7, 11) is 0. The standard InChI is InChI=1S/C16H28O5/c1-6-7-8-17-14-12-10(18-15(2,3)20-12)9-11-13(14)21-16(4,5)19-11/h10-14H,6-9H2,1-5H3/t10-,11-,12-,13+,14?/m1/s1. The summed E-state index contributed by atoms with van der Waals surface area (Å²) in [5, 5.41) is 0. The van der Waals surface area contributed by atoms with Gasteiger partial charge in [0.15, 0.2) is 11.6 Å². The maximum atomic E-state index is 6.13. The third-order valence-electron chi connectivity index (χ3n) is 4.36. The van der Waals surface area contributed by atoms with Crippen LogP contribution in [0.15, 0.2) is 0 Å². The van der Waals surface area contributed by atoms with Crippen molar-refractivity contribution in [3.05, 3.63) is 0 Å². The second kappa shape index (κ2) is 5.46. The molecule has 21 heavy (non-hydrogen) atoms. The summed E-state index contributed by atoms with van der Waals surface area (Å²) in [6, 6.07) is 0. The zero-order chi connectivity index (χ0) is 15.3. The SMILES string of the molecule is CCCCOC1[C@H]2OC(C)(C)O[C@@H]2C[C@H]2OC(C)(C)O[C@@H]12. The van der Waals surface area contributed by atoms with E-state index >= 15 is 0 Å². The molecule has 0 aromatic carbocycles. The van der Waals surface area contributed by atoms with Crippen LogP contribution in [0.3, 0.4) is 0 Å². The molecule has 2 aliphatic heterocycles. The first-order chi connectivity index (χ1) is 9.81. The van der Waals surface area contributed by atoms with Crippen molar-refractivity contribution in [2.75, 3.05) is 6.61 Å². The van der Waals surface area contributed by atoms with Crippen LogP contribution in [0.25, 0.3) is 0 Å². The number of hydrogen-bond donors (Lipinski definition) is 0. The summed E-state index contributed by atoms with van der Waals surface area (Å²) in [6.45, 7) is 10.7. The van der Waals surface area contributed by atoms with Gasteiger partial charge in [-0.1, -0.05) is 13.3 Å². The van der Waals surface area contributed by atoms with Crippen LogP contribution in [0.1, 0.15) is 53.9 Å². The minimum absolute atomic E-state index is 0.0189. The molecule has 5 atom stereocenters. The predicted octanol–water partition coefficient (Wildman–Crippen LogP) is 2.62. The van der Waals surface area contributed by atoms with Crippen LogP contribution in [0, 0.1) is 0 Å². The molecule has 0 spiro atoms. The molecule has 0 radical (unpaired) electrons. The molecule has 5 heteroatoms. The van der Waals surface area contributed by atoms with Crippen molar-refractivity contribution in [3.63, 3.8) is 0 Å². The van der Waals surface area contributed by atoms with Crippen LogP contribution in [-0.2, 0) is 23.7 Å². The maximum absolute atomic E-state index is 6.13. The number of fused-ring (bicyclic) bond motifs is 2. The molecule has 3 aliphatic rings. The molecule has 1 aliphatic carbocycles. The van der Waals surface area contributed by atoms with Gasteiger partial charge in [-0.3, -0.25) is 0 Å². The van der Waals surface area contributed by atoms with Crippen LogP contribution >= 0.6 is 0 Å². The van der Waals surface area contributed by atoms with Crippen LogP contribution in [0.2, 0.25) is 0 Å². The molecule has 1 unspecified atom stereocenters. The zero-order valence-corrected chi connectivity index (χ0v) is 13.8. The molecular weight excluding hydrogens is 272 g/mol. The lowest BCUT2D eigenvalue weighted by molar-refractivity contribution is -0.188. The van der Waals surface area contributed by atoms with Gasteiger partial charge < -0.3 is 23.7 Å². The molecule has 0 bridgehead atoms. The third kappa shape index (κ3) is 3.13. The van der Waals surface area contributed by atoms with Gasteiger partial charge in [-0.15, -0.1) is 0 Å². The van der Waals surface area contributed by atoms with Gasteiger partial charge in [0, 0.05) is 13.0 Å². The highest BCUT2D eigenvalue weighted by Gasteiger charge is 2.59. The van der Waals surface area contributed by atoms with E-state index in [1.165, 1.54) is 0 Å². The summed E-state index contributed by atoms with van der Waals surface area (Å²) in [5.74, 6) is -1.12. The lowest BCUT2D eigenvalue weighted by Gasteiger charge is -2.37. The van der Waals surface area contributed by atoms with E-state index in [4.69, 9.17) is 23.7 Å². The highest BCUT2D eigenvalue weighted by Crippen LogP contribution is 2.44. The van der Waals surface area contributed by atoms with Crippen LogP contribution in [-0.4, -0.2) is 48.7 Å². The van der Waals surface area contributed by atoms with Crippen molar-refractivity contribution in [2.45, 2.75) is 96.0 Å². The molecule has 0 aromatic rings. The van der Waals surface area contributed by atoms with E-state index in [-0.39, 0.29) is 30.5 Å². The van der Waals surface area contributed by atoms with Gasteiger partial charge in [0.05, 0.1) is 12.2 Å². The van der Waals surface area contributed by atoms with Crippen molar-refractivity contribution < 1.29 is 23.7 Å². The Balaban J connectivity index is 1.77. The lowest BCUT2D eigenvalue weighted by Crippen LogP contribution is -2.54. The molecule has 0 aromatic heterocycles. The fourth-order valence-corrected chi connectivity index (χ4v) is 3.62. The molecular formula is C16H28O5. The Morgan fingerprint density at radius 2 is 1.43 bits per heavy atom. The topological polar surface area (TPSA) is 46.2 Å². The van der Waals surface area contributed by atoms with E-state index in [0.717, 1.165) is 25.9 Å². The molecule has 3 rings (SSSR count). The Bertz CT molecular complexity index is 351. The van der Waals surface area contributed by atoms with Gasteiger partial charge in [0.25, 0.3) is 0 Å². The average Bonchev–Trinajstić information content (AvgIpc) is 2.82. The molecule has 122 valence electrons. The Morgan fingerprint density at radius 1 is 0.905 bits per heavy atom. The lowest BCUT2D eigenvalue weighted by atomic mass is 9.87. The highest BCUT2D eigenvalue weighted by atomic mass is 16.8. The number of unbranched alkanes of at least 4 members (excludes halogenated alkanes) is 1. The molecule has 1 saturated carbocycles. The average molecular weight is 300 g/mol. The predicted molar refractivity (Wildman–Crippen MR) is 76.9 cm³/mol. The summed E-state index contributed by atoms with van der Waals surface area (Å²) in [6.07, 6.45) is 2.72. The van der Waals surface area contributed by atoms with E-state index < -0.39 is 11.6 Å². The van der Waals surface area contributed by atoms with Gasteiger partial charge in [-0.25, -0.2) is 0 Å². The molecule has 0 amide bonds. The van der Waals surface area contributed by atoms with Gasteiger partial charge in [0.1, 0.15) is 18.3 Å². The normalized spacial score (nSPS) is 43.6. The zero-order valence-electron chi connectivity index (χ0n) is 13.8. The maximum Gasteiger partial charge on any atom is 0.163 e. The van der Waals surface area contributed by atoms with E-state index in [1.54, 1.807) is 0 Å². The summed E-state index contributed by atoms with van der Waals surface area (Å²) >= 11 is 0. The van der Waals surface area contributed by atoms with Gasteiger partial charge in [-0.2, -0.15) is 0 Å². The van der Waals surface area contributed by atoms with Crippen molar-refractivity contribution >= 4 is 0 Å². The second-order valence-electron chi connectivity index (χ2n) is 7.20. The molecule has 3 fully saturated rings. The largest absolute Gasteiger partial charge is 0.373 e. The fourth-order valence-electron chi connectivity index (χ4n) is 3.62. The van der Waals surface area contributed by atoms with Crippen molar-refractivity contribution in [2.24, 2.45) is 0 Å². The fraction of sp³-hybridized carbons (Fsp3) is 1.00. The third-order valence-corrected chi connectivity index (χ3v) is 4.36. The highest BCUT2D eigenvalue weighted by molar-refractivity contribution is 5.03. The minimum atomic E-state index is -0.560. The smallest absolute Gasteiger partial charge is 0.163 e. The van der Waals surface area contributed by atoms with Gasteiger partial charge in [-0.05, 0) is 34.1 Å². The molecule has 0 N–H and O–H groups in total. The van der Waals surface area contributed by atoms with Crippen LogP contribution in [0.5, 0.6) is 0 Å². The Kier molecular flexibility index (Phi) is 4.08. The van der Waals surface area contributed by atoms with Gasteiger partial charge >= 0.3 is 0 Å². The molecule has 2 saturated heterocycles. The monoisotopic (exact) mass is 300 g/mol. The Morgan fingerprint density at radius 3 is 1.90 bits per heavy atom. The molecule has 5 nitrogen and oxygen atoms in total. The van der Waals surface area contributed by atoms with Crippen molar-refractivity contribution in [1.29, 1.82) is 0 Å². The van der Waals surface area contributed by atoms with E-state index in [9.17, 15) is 0 Å². The first kappa shape index (κ1) is 15.7. The Labute approximate surface area is 127 Å².